The maximum absolute atomic E-state index is 11.8. The molecular weight excluding hydrogens is 440 g/mol. The van der Waals surface area contributed by atoms with Crippen LogP contribution in [0.5, 0.6) is 5.75 Å². The van der Waals surface area contributed by atoms with Gasteiger partial charge in [-0.1, -0.05) is 28.1 Å². The van der Waals surface area contributed by atoms with Crippen molar-refractivity contribution in [2.45, 2.75) is 0 Å². The highest BCUT2D eigenvalue weighted by molar-refractivity contribution is 9.11. The zero-order chi connectivity index (χ0) is 17.3. The van der Waals surface area contributed by atoms with Gasteiger partial charge in [-0.05, 0) is 46.3 Å². The van der Waals surface area contributed by atoms with Crippen LogP contribution in [0.1, 0.15) is 10.4 Å². The standard InChI is InChI=1S/C17H12Br2N2O3/c1-23-14-5-3-2-4-13(14)21-17-11(16(20)22)7-9-6-10(18)8-12(19)15(9)24-17/h2-8H,1H3,(H2,20,22). The van der Waals surface area contributed by atoms with E-state index >= 15 is 0 Å². The van der Waals surface area contributed by atoms with Gasteiger partial charge in [-0.2, -0.15) is 0 Å². The Kier molecular flexibility index (Phi) is 4.73. The van der Waals surface area contributed by atoms with Gasteiger partial charge in [0.2, 0.25) is 5.55 Å². The number of primary amides is 1. The minimum atomic E-state index is -0.620. The molecule has 0 aliphatic carbocycles. The predicted molar refractivity (Wildman–Crippen MR) is 98.3 cm³/mol. The average molecular weight is 452 g/mol. The number of methoxy groups -OCH3 is 1. The molecule has 1 heterocycles. The third-order valence-corrected chi connectivity index (χ3v) is 4.39. The molecule has 1 aromatic heterocycles. The second-order valence-electron chi connectivity index (χ2n) is 4.92. The van der Waals surface area contributed by atoms with Crippen LogP contribution in [-0.4, -0.2) is 13.0 Å². The first kappa shape index (κ1) is 16.7. The second-order valence-corrected chi connectivity index (χ2v) is 6.69. The topological polar surface area (TPSA) is 77.8 Å². The Morgan fingerprint density at radius 1 is 1.21 bits per heavy atom. The van der Waals surface area contributed by atoms with Crippen molar-refractivity contribution in [1.29, 1.82) is 0 Å². The first-order valence-corrected chi connectivity index (χ1v) is 8.48. The molecule has 0 unspecified atom stereocenters. The number of hydrogen-bond acceptors (Lipinski definition) is 4. The number of hydrogen-bond donors (Lipinski definition) is 1. The van der Waals surface area contributed by atoms with Crippen molar-refractivity contribution in [3.8, 4) is 5.75 Å². The molecule has 1 amide bonds. The number of benzene rings is 2. The average Bonchev–Trinajstić information content (AvgIpc) is 2.55. The van der Waals surface area contributed by atoms with Crippen LogP contribution in [0.3, 0.4) is 0 Å². The number of nitrogens with two attached hydrogens (primary N) is 1. The van der Waals surface area contributed by atoms with Crippen molar-refractivity contribution in [3.63, 3.8) is 0 Å². The summed E-state index contributed by atoms with van der Waals surface area (Å²) < 4.78 is 12.7. The molecule has 0 radical (unpaired) electrons. The fourth-order valence-corrected chi connectivity index (χ4v) is 3.59. The third-order valence-electron chi connectivity index (χ3n) is 3.34. The lowest BCUT2D eigenvalue weighted by Gasteiger charge is -2.06. The van der Waals surface area contributed by atoms with Crippen LogP contribution < -0.4 is 16.0 Å². The summed E-state index contributed by atoms with van der Waals surface area (Å²) in [5, 5.41) is 0.726. The second kappa shape index (κ2) is 6.78. The molecule has 3 aromatic rings. The van der Waals surface area contributed by atoms with E-state index in [1.807, 2.05) is 24.3 Å². The number of rotatable bonds is 3. The summed E-state index contributed by atoms with van der Waals surface area (Å²) in [5.74, 6) is -0.0523. The number of nitrogens with zero attached hydrogens (tertiary/aromatic N) is 1. The zero-order valence-corrected chi connectivity index (χ0v) is 15.7. The molecule has 0 fully saturated rings. The molecule has 3 rings (SSSR count). The number of fused-ring (bicyclic) bond motifs is 1. The molecule has 0 saturated heterocycles. The number of amides is 1. The van der Waals surface area contributed by atoms with Crippen LogP contribution >= 0.6 is 31.9 Å². The zero-order valence-electron chi connectivity index (χ0n) is 12.5. The van der Waals surface area contributed by atoms with E-state index in [1.54, 1.807) is 25.3 Å². The molecule has 24 heavy (non-hydrogen) atoms. The molecule has 2 aromatic carbocycles. The minimum Gasteiger partial charge on any atom is -0.494 e. The Labute approximate surface area is 154 Å². The van der Waals surface area contributed by atoms with Gasteiger partial charge in [-0.25, -0.2) is 4.99 Å². The van der Waals surface area contributed by atoms with Crippen molar-refractivity contribution < 1.29 is 13.9 Å². The van der Waals surface area contributed by atoms with Crippen molar-refractivity contribution in [2.24, 2.45) is 10.7 Å². The third kappa shape index (κ3) is 3.22. The summed E-state index contributed by atoms with van der Waals surface area (Å²) >= 11 is 6.86. The largest absolute Gasteiger partial charge is 0.494 e. The first-order chi connectivity index (χ1) is 11.5. The van der Waals surface area contributed by atoms with Crippen molar-refractivity contribution in [1.82, 2.24) is 0 Å². The lowest BCUT2D eigenvalue weighted by molar-refractivity contribution is 0.0996. The molecule has 0 aliphatic rings. The van der Waals surface area contributed by atoms with E-state index in [9.17, 15) is 4.79 Å². The molecule has 0 saturated carbocycles. The SMILES string of the molecule is COc1ccccc1N=c1oc2c(Br)cc(Br)cc2cc1C(N)=O. The van der Waals surface area contributed by atoms with Crippen molar-refractivity contribution in [2.75, 3.05) is 7.11 Å². The van der Waals surface area contributed by atoms with E-state index in [0.717, 1.165) is 14.3 Å². The van der Waals surface area contributed by atoms with Crippen LogP contribution in [-0.2, 0) is 0 Å². The molecule has 5 nitrogen and oxygen atoms in total. The van der Waals surface area contributed by atoms with Gasteiger partial charge in [-0.3, -0.25) is 4.79 Å². The number of carbonyl (C=O) groups is 1. The summed E-state index contributed by atoms with van der Waals surface area (Å²) in [6.45, 7) is 0. The van der Waals surface area contributed by atoms with Crippen LogP contribution in [0.4, 0.5) is 5.69 Å². The van der Waals surface area contributed by atoms with Crippen molar-refractivity contribution in [3.05, 3.63) is 62.5 Å². The number of ether oxygens (including phenoxy) is 1. The summed E-state index contributed by atoms with van der Waals surface area (Å²) in [4.78, 5) is 16.2. The lowest BCUT2D eigenvalue weighted by Crippen LogP contribution is -2.21. The van der Waals surface area contributed by atoms with Gasteiger partial charge in [0.1, 0.15) is 17.0 Å². The Morgan fingerprint density at radius 3 is 2.67 bits per heavy atom. The maximum atomic E-state index is 11.8. The van der Waals surface area contributed by atoms with Gasteiger partial charge >= 0.3 is 0 Å². The fourth-order valence-electron chi connectivity index (χ4n) is 2.26. The summed E-state index contributed by atoms with van der Waals surface area (Å²) in [6, 6.07) is 12.5. The van der Waals surface area contributed by atoms with Crippen LogP contribution in [0.25, 0.3) is 11.0 Å². The Morgan fingerprint density at radius 2 is 1.96 bits per heavy atom. The summed E-state index contributed by atoms with van der Waals surface area (Å²) in [7, 11) is 1.55. The smallest absolute Gasteiger partial charge is 0.254 e. The first-order valence-electron chi connectivity index (χ1n) is 6.90. The fraction of sp³-hybridized carbons (Fsp3) is 0.0588. The number of halogens is 2. The van der Waals surface area contributed by atoms with Gasteiger partial charge in [-0.15, -0.1) is 0 Å². The molecule has 0 bridgehead atoms. The minimum absolute atomic E-state index is 0.127. The Hall–Kier alpha value is -2.12. The van der Waals surface area contributed by atoms with E-state index in [0.29, 0.717) is 17.0 Å². The van der Waals surface area contributed by atoms with Crippen LogP contribution in [0.15, 0.2) is 60.8 Å². The maximum Gasteiger partial charge on any atom is 0.254 e. The van der Waals surface area contributed by atoms with Crippen molar-refractivity contribution >= 4 is 54.4 Å². The van der Waals surface area contributed by atoms with E-state index in [4.69, 9.17) is 14.9 Å². The highest BCUT2D eigenvalue weighted by Crippen LogP contribution is 2.29. The molecule has 2 N–H and O–H groups in total. The number of para-hydroxylation sites is 2. The summed E-state index contributed by atoms with van der Waals surface area (Å²) in [6.07, 6.45) is 0. The molecular formula is C17H12Br2N2O3. The Bertz CT molecular complexity index is 1010. The molecule has 7 heteroatoms. The van der Waals surface area contributed by atoms with Gasteiger partial charge in [0, 0.05) is 9.86 Å². The number of carbonyl (C=O) groups excluding carboxylic acids is 1. The van der Waals surface area contributed by atoms with Crippen LogP contribution in [0, 0.1) is 0 Å². The molecule has 0 aliphatic heterocycles. The van der Waals surface area contributed by atoms with Gasteiger partial charge in [0.15, 0.2) is 5.58 Å². The monoisotopic (exact) mass is 450 g/mol. The van der Waals surface area contributed by atoms with Gasteiger partial charge < -0.3 is 14.9 Å². The van der Waals surface area contributed by atoms with Crippen LogP contribution in [0.2, 0.25) is 0 Å². The Balaban J connectivity index is 2.36. The van der Waals surface area contributed by atoms with E-state index in [2.05, 4.69) is 36.9 Å². The predicted octanol–water partition coefficient (Wildman–Crippen LogP) is 4.30. The highest BCUT2D eigenvalue weighted by Gasteiger charge is 2.12. The highest BCUT2D eigenvalue weighted by atomic mass is 79.9. The van der Waals surface area contributed by atoms with Gasteiger partial charge in [0.05, 0.1) is 11.6 Å². The molecule has 0 spiro atoms. The lowest BCUT2D eigenvalue weighted by atomic mass is 10.2. The summed E-state index contributed by atoms with van der Waals surface area (Å²) in [5.41, 5.74) is 6.92. The quantitative estimate of drug-likeness (QED) is 0.644. The molecule has 122 valence electrons. The normalized spacial score (nSPS) is 11.7. The van der Waals surface area contributed by atoms with E-state index in [-0.39, 0.29) is 11.1 Å². The van der Waals surface area contributed by atoms with E-state index in [1.165, 1.54) is 0 Å². The van der Waals surface area contributed by atoms with E-state index < -0.39 is 5.91 Å². The molecule has 0 atom stereocenters. The van der Waals surface area contributed by atoms with Gasteiger partial charge in [0.25, 0.3) is 5.91 Å².